The van der Waals surface area contributed by atoms with Crippen LogP contribution in [0.3, 0.4) is 0 Å². The Morgan fingerprint density at radius 3 is 2.45 bits per heavy atom. The third-order valence-electron chi connectivity index (χ3n) is 4.59. The average molecular weight is 451 g/mol. The van der Waals surface area contributed by atoms with Crippen molar-refractivity contribution in [2.75, 3.05) is 0 Å². The van der Waals surface area contributed by atoms with Gasteiger partial charge in [0.25, 0.3) is 11.5 Å². The van der Waals surface area contributed by atoms with Crippen LogP contribution in [0.5, 0.6) is 0 Å². The highest BCUT2D eigenvalue weighted by molar-refractivity contribution is 6.36. The third kappa shape index (κ3) is 4.66. The summed E-state index contributed by atoms with van der Waals surface area (Å²) in [4.78, 5) is 25.7. The first-order valence-corrected chi connectivity index (χ1v) is 10.1. The number of rotatable bonds is 5. The minimum atomic E-state index is -0.542. The fraction of sp³-hybridized carbons (Fsp3) is 0.0435. The van der Waals surface area contributed by atoms with Gasteiger partial charge in [-0.2, -0.15) is 10.2 Å². The van der Waals surface area contributed by atoms with Gasteiger partial charge in [-0.25, -0.2) is 10.1 Å². The van der Waals surface area contributed by atoms with Gasteiger partial charge < -0.3 is 0 Å². The van der Waals surface area contributed by atoms with Crippen LogP contribution in [0, 0.1) is 0 Å². The molecule has 0 saturated heterocycles. The number of benzene rings is 3. The summed E-state index contributed by atoms with van der Waals surface area (Å²) in [6, 6.07) is 21.2. The van der Waals surface area contributed by atoms with Crippen LogP contribution in [0.2, 0.25) is 10.0 Å². The Balaban J connectivity index is 1.67. The fourth-order valence-electron chi connectivity index (χ4n) is 3.09. The Bertz CT molecular complexity index is 1350. The van der Waals surface area contributed by atoms with Gasteiger partial charge in [0.15, 0.2) is 5.69 Å². The van der Waals surface area contributed by atoms with Crippen LogP contribution in [0.1, 0.15) is 21.6 Å². The summed E-state index contributed by atoms with van der Waals surface area (Å²) in [5.74, 6) is -0.542. The molecule has 3 aromatic carbocycles. The molecule has 6 nitrogen and oxygen atoms in total. The minimum Gasteiger partial charge on any atom is -0.267 e. The van der Waals surface area contributed by atoms with Crippen LogP contribution >= 0.6 is 23.2 Å². The van der Waals surface area contributed by atoms with Crippen LogP contribution < -0.4 is 11.0 Å². The van der Waals surface area contributed by atoms with E-state index in [1.165, 1.54) is 10.9 Å². The first kappa shape index (κ1) is 20.8. The number of amides is 1. The molecule has 0 spiro atoms. The lowest BCUT2D eigenvalue weighted by molar-refractivity contribution is 0.0949. The van der Waals surface area contributed by atoms with Crippen molar-refractivity contribution in [1.82, 2.24) is 15.2 Å². The maximum absolute atomic E-state index is 12.9. The van der Waals surface area contributed by atoms with Gasteiger partial charge in [0, 0.05) is 16.0 Å². The van der Waals surface area contributed by atoms with E-state index < -0.39 is 5.91 Å². The van der Waals surface area contributed by atoms with Crippen LogP contribution in [-0.4, -0.2) is 21.9 Å². The third-order valence-corrected chi connectivity index (χ3v) is 5.15. The summed E-state index contributed by atoms with van der Waals surface area (Å²) >= 11 is 12.0. The summed E-state index contributed by atoms with van der Waals surface area (Å²) in [6.07, 6.45) is 1.42. The molecule has 0 saturated carbocycles. The van der Waals surface area contributed by atoms with Gasteiger partial charge in [-0.1, -0.05) is 77.8 Å². The number of hydrazone groups is 1. The lowest BCUT2D eigenvalue weighted by Gasteiger charge is -2.10. The Morgan fingerprint density at radius 1 is 1.00 bits per heavy atom. The second kappa shape index (κ2) is 9.12. The zero-order valence-electron chi connectivity index (χ0n) is 16.1. The Labute approximate surface area is 187 Å². The topological polar surface area (TPSA) is 76.3 Å². The summed E-state index contributed by atoms with van der Waals surface area (Å²) < 4.78 is 1.28. The SMILES string of the molecule is O=C(N/N=C\c1ccc(Cl)cc1Cl)c1nn(Cc2ccccc2)c(=O)c2ccccc12. The summed E-state index contributed by atoms with van der Waals surface area (Å²) in [5.41, 5.74) is 3.78. The predicted molar refractivity (Wildman–Crippen MR) is 123 cm³/mol. The standard InChI is InChI=1S/C23H16Cl2N4O2/c24-17-11-10-16(20(25)12-17)13-26-27-22(30)21-18-8-4-5-9-19(18)23(31)29(28-21)14-15-6-2-1-3-7-15/h1-13H,14H2,(H,27,30)/b26-13-. The van der Waals surface area contributed by atoms with Crippen molar-refractivity contribution in [3.05, 3.63) is 110 Å². The second-order valence-electron chi connectivity index (χ2n) is 6.71. The molecule has 1 aromatic heterocycles. The Hall–Kier alpha value is -3.48. The van der Waals surface area contributed by atoms with Gasteiger partial charge in [-0.3, -0.25) is 9.59 Å². The number of nitrogens with one attached hydrogen (secondary N) is 1. The Morgan fingerprint density at radius 2 is 1.71 bits per heavy atom. The smallest absolute Gasteiger partial charge is 0.267 e. The molecule has 1 amide bonds. The largest absolute Gasteiger partial charge is 0.292 e. The van der Waals surface area contributed by atoms with Crippen molar-refractivity contribution in [3.8, 4) is 0 Å². The zero-order valence-corrected chi connectivity index (χ0v) is 17.6. The maximum atomic E-state index is 12.9. The van der Waals surface area contributed by atoms with E-state index in [9.17, 15) is 9.59 Å². The van der Waals surface area contributed by atoms with E-state index in [4.69, 9.17) is 23.2 Å². The van der Waals surface area contributed by atoms with Crippen molar-refractivity contribution in [2.45, 2.75) is 6.54 Å². The molecule has 0 aliphatic rings. The highest BCUT2D eigenvalue weighted by Crippen LogP contribution is 2.19. The van der Waals surface area contributed by atoms with E-state index >= 15 is 0 Å². The van der Waals surface area contributed by atoms with Crippen molar-refractivity contribution >= 4 is 46.1 Å². The molecule has 0 fully saturated rings. The minimum absolute atomic E-state index is 0.102. The second-order valence-corrected chi connectivity index (χ2v) is 7.55. The molecule has 1 heterocycles. The molecule has 1 N–H and O–H groups in total. The van der Waals surface area contributed by atoms with Crippen LogP contribution in [-0.2, 0) is 6.54 Å². The molecule has 0 unspecified atom stereocenters. The monoisotopic (exact) mass is 450 g/mol. The average Bonchev–Trinajstić information content (AvgIpc) is 2.78. The summed E-state index contributed by atoms with van der Waals surface area (Å²) in [7, 11) is 0. The van der Waals surface area contributed by atoms with Crippen molar-refractivity contribution in [1.29, 1.82) is 0 Å². The van der Waals surface area contributed by atoms with Gasteiger partial charge in [-0.15, -0.1) is 0 Å². The van der Waals surface area contributed by atoms with E-state index in [-0.39, 0.29) is 17.8 Å². The zero-order chi connectivity index (χ0) is 21.8. The number of hydrogen-bond acceptors (Lipinski definition) is 4. The molecule has 0 bridgehead atoms. The number of fused-ring (bicyclic) bond motifs is 1. The molecule has 154 valence electrons. The molecular weight excluding hydrogens is 435 g/mol. The van der Waals surface area contributed by atoms with E-state index in [0.29, 0.717) is 26.4 Å². The van der Waals surface area contributed by atoms with Gasteiger partial charge in [-0.05, 0) is 23.8 Å². The van der Waals surface area contributed by atoms with E-state index in [1.807, 2.05) is 30.3 Å². The van der Waals surface area contributed by atoms with Crippen LogP contribution in [0.15, 0.2) is 82.7 Å². The molecule has 4 rings (SSSR count). The van der Waals surface area contributed by atoms with Gasteiger partial charge in [0.1, 0.15) is 0 Å². The van der Waals surface area contributed by atoms with Gasteiger partial charge >= 0.3 is 0 Å². The molecule has 0 aliphatic carbocycles. The van der Waals surface area contributed by atoms with Gasteiger partial charge in [0.2, 0.25) is 0 Å². The molecule has 4 aromatic rings. The highest BCUT2D eigenvalue weighted by Gasteiger charge is 2.16. The highest BCUT2D eigenvalue weighted by atomic mass is 35.5. The molecule has 0 radical (unpaired) electrons. The number of nitrogens with zero attached hydrogens (tertiary/aromatic N) is 3. The van der Waals surface area contributed by atoms with Gasteiger partial charge in [0.05, 0.1) is 23.2 Å². The first-order valence-electron chi connectivity index (χ1n) is 9.35. The number of carbonyl (C=O) groups excluding carboxylic acids is 1. The van der Waals surface area contributed by atoms with Crippen LogP contribution in [0.4, 0.5) is 0 Å². The van der Waals surface area contributed by atoms with E-state index in [0.717, 1.165) is 5.56 Å². The van der Waals surface area contributed by atoms with E-state index in [1.54, 1.807) is 42.5 Å². The fourth-order valence-corrected chi connectivity index (χ4v) is 3.54. The molecular formula is C23H16Cl2N4O2. The van der Waals surface area contributed by atoms with Crippen LogP contribution in [0.25, 0.3) is 10.8 Å². The lowest BCUT2D eigenvalue weighted by atomic mass is 10.1. The summed E-state index contributed by atoms with van der Waals surface area (Å²) in [6.45, 7) is 0.244. The predicted octanol–water partition coefficient (Wildman–Crippen LogP) is 4.52. The molecule has 0 aliphatic heterocycles. The number of carbonyl (C=O) groups is 1. The molecule has 0 atom stereocenters. The first-order chi connectivity index (χ1) is 15.0. The number of halogens is 2. The Kier molecular flexibility index (Phi) is 6.11. The lowest BCUT2D eigenvalue weighted by Crippen LogP contribution is -2.29. The number of hydrogen-bond donors (Lipinski definition) is 1. The quantitative estimate of drug-likeness (QED) is 0.358. The van der Waals surface area contributed by atoms with Crippen molar-refractivity contribution in [3.63, 3.8) is 0 Å². The number of aromatic nitrogens is 2. The van der Waals surface area contributed by atoms with Crippen molar-refractivity contribution < 1.29 is 4.79 Å². The normalized spacial score (nSPS) is 11.2. The summed E-state index contributed by atoms with van der Waals surface area (Å²) in [5, 5.41) is 10.1. The van der Waals surface area contributed by atoms with Crippen molar-refractivity contribution in [2.24, 2.45) is 5.10 Å². The molecule has 31 heavy (non-hydrogen) atoms. The molecule has 8 heteroatoms. The maximum Gasteiger partial charge on any atom is 0.292 e. The van der Waals surface area contributed by atoms with E-state index in [2.05, 4.69) is 15.6 Å².